The van der Waals surface area contributed by atoms with Crippen molar-refractivity contribution in [3.05, 3.63) is 128 Å². The molecule has 3 aromatic carbocycles. The van der Waals surface area contributed by atoms with Crippen LogP contribution in [0.5, 0.6) is 5.75 Å². The molecule has 11 heteroatoms. The summed E-state index contributed by atoms with van der Waals surface area (Å²) in [7, 11) is 0. The van der Waals surface area contributed by atoms with Crippen LogP contribution in [0.15, 0.2) is 90.7 Å². The molecule has 0 bridgehead atoms. The summed E-state index contributed by atoms with van der Waals surface area (Å²) in [6, 6.07) is 16.1. The summed E-state index contributed by atoms with van der Waals surface area (Å²) in [5.41, 5.74) is 2.79. The van der Waals surface area contributed by atoms with Crippen molar-refractivity contribution < 1.29 is 18.7 Å². The first kappa shape index (κ1) is 29.4. The molecular formula is C30H22Br2ClFN2O4S. The lowest BCUT2D eigenvalue weighted by molar-refractivity contribution is -0.139. The number of nitrogens with zero attached hydrogens (tertiary/aromatic N) is 2. The third-order valence-electron chi connectivity index (χ3n) is 6.32. The molecule has 0 N–H and O–H groups in total. The van der Waals surface area contributed by atoms with Gasteiger partial charge < -0.3 is 9.47 Å². The molecule has 0 fully saturated rings. The molecule has 6 nitrogen and oxygen atoms in total. The third-order valence-corrected chi connectivity index (χ3v) is 8.73. The maximum Gasteiger partial charge on any atom is 0.338 e. The van der Waals surface area contributed by atoms with Crippen LogP contribution in [-0.4, -0.2) is 17.1 Å². The maximum absolute atomic E-state index is 13.8. The Kier molecular flexibility index (Phi) is 8.94. The molecule has 0 saturated heterocycles. The molecule has 2 heterocycles. The van der Waals surface area contributed by atoms with E-state index in [4.69, 9.17) is 21.1 Å². The van der Waals surface area contributed by atoms with Gasteiger partial charge in [0.1, 0.15) is 18.2 Å². The van der Waals surface area contributed by atoms with Crippen LogP contribution < -0.4 is 19.6 Å². The van der Waals surface area contributed by atoms with Crippen LogP contribution in [0.1, 0.15) is 36.6 Å². The van der Waals surface area contributed by atoms with Gasteiger partial charge in [-0.2, -0.15) is 0 Å². The minimum absolute atomic E-state index is 0.195. The van der Waals surface area contributed by atoms with E-state index in [0.29, 0.717) is 45.9 Å². The van der Waals surface area contributed by atoms with Crippen molar-refractivity contribution in [2.24, 2.45) is 4.99 Å². The van der Waals surface area contributed by atoms with Crippen LogP contribution in [0.25, 0.3) is 6.08 Å². The van der Waals surface area contributed by atoms with E-state index in [0.717, 1.165) is 11.1 Å². The van der Waals surface area contributed by atoms with E-state index in [9.17, 15) is 14.0 Å². The first-order valence-corrected chi connectivity index (χ1v) is 15.3. The number of carbonyl (C=O) groups is 1. The number of hydrogen-bond donors (Lipinski definition) is 0. The molecule has 41 heavy (non-hydrogen) atoms. The normalized spacial score (nSPS) is 15.0. The zero-order valence-electron chi connectivity index (χ0n) is 21.8. The van der Waals surface area contributed by atoms with Gasteiger partial charge in [0, 0.05) is 5.02 Å². The van der Waals surface area contributed by atoms with E-state index >= 15 is 0 Å². The summed E-state index contributed by atoms with van der Waals surface area (Å²) in [5.74, 6) is -0.255. The van der Waals surface area contributed by atoms with Gasteiger partial charge in [-0.3, -0.25) is 9.36 Å². The Morgan fingerprint density at radius 2 is 1.78 bits per heavy atom. The highest BCUT2D eigenvalue weighted by atomic mass is 79.9. The molecule has 1 aromatic heterocycles. The minimum atomic E-state index is -0.717. The Morgan fingerprint density at radius 1 is 1.12 bits per heavy atom. The number of halogens is 4. The zero-order chi connectivity index (χ0) is 29.3. The Bertz CT molecular complexity index is 1830. The average Bonchev–Trinajstić information content (AvgIpc) is 3.23. The van der Waals surface area contributed by atoms with Crippen LogP contribution >= 0.6 is 54.8 Å². The molecule has 0 aliphatic carbocycles. The molecule has 1 atom stereocenters. The molecule has 0 spiro atoms. The third kappa shape index (κ3) is 6.25. The lowest BCUT2D eigenvalue weighted by Gasteiger charge is -2.24. The van der Waals surface area contributed by atoms with Crippen molar-refractivity contribution in [1.29, 1.82) is 0 Å². The minimum Gasteiger partial charge on any atom is -0.487 e. The number of thiazole rings is 1. The number of rotatable bonds is 7. The molecule has 4 aromatic rings. The van der Waals surface area contributed by atoms with E-state index in [1.54, 1.807) is 56.3 Å². The number of carbonyl (C=O) groups excluding carboxylic acids is 1. The lowest BCUT2D eigenvalue weighted by Crippen LogP contribution is -2.39. The standard InChI is InChI=1S/C30H22Br2ClFN2O4S/c1-3-39-29(38)25-16(2)35-30-36(26(25)19-6-8-20(33)9-7-19)28(37)24(41-30)14-18-12-22(31)27(23(32)13-18)40-15-17-4-10-21(34)11-5-17/h4-14,26H,3,15H2,1-2H3/b24-14+/t26-/m0/s1. The predicted octanol–water partition coefficient (Wildman–Crippen LogP) is 6.69. The van der Waals surface area contributed by atoms with Crippen molar-refractivity contribution in [3.63, 3.8) is 0 Å². The van der Waals surface area contributed by atoms with Gasteiger partial charge in [-0.25, -0.2) is 14.2 Å². The number of esters is 1. The van der Waals surface area contributed by atoms with E-state index < -0.39 is 12.0 Å². The van der Waals surface area contributed by atoms with Crippen molar-refractivity contribution >= 4 is 66.8 Å². The molecular weight excluding hydrogens is 699 g/mol. The Labute approximate surface area is 260 Å². The fourth-order valence-electron chi connectivity index (χ4n) is 4.44. The lowest BCUT2D eigenvalue weighted by atomic mass is 9.96. The van der Waals surface area contributed by atoms with Gasteiger partial charge >= 0.3 is 5.97 Å². The fraction of sp³-hybridized carbons (Fsp3) is 0.167. The molecule has 1 aliphatic heterocycles. The molecule has 5 rings (SSSR count). The highest BCUT2D eigenvalue weighted by Crippen LogP contribution is 2.36. The first-order valence-electron chi connectivity index (χ1n) is 12.5. The summed E-state index contributed by atoms with van der Waals surface area (Å²) in [5, 5.41) is 0.542. The smallest absolute Gasteiger partial charge is 0.338 e. The van der Waals surface area contributed by atoms with Crippen LogP contribution in [0, 0.1) is 5.82 Å². The van der Waals surface area contributed by atoms with Crippen LogP contribution in [0.4, 0.5) is 4.39 Å². The number of fused-ring (bicyclic) bond motifs is 1. The van der Waals surface area contributed by atoms with Crippen molar-refractivity contribution in [3.8, 4) is 5.75 Å². The zero-order valence-corrected chi connectivity index (χ0v) is 26.5. The van der Waals surface area contributed by atoms with E-state index in [-0.39, 0.29) is 24.6 Å². The quantitative estimate of drug-likeness (QED) is 0.200. The van der Waals surface area contributed by atoms with Gasteiger partial charge in [0.05, 0.1) is 37.4 Å². The molecule has 210 valence electrons. The molecule has 0 unspecified atom stereocenters. The highest BCUT2D eigenvalue weighted by molar-refractivity contribution is 9.11. The van der Waals surface area contributed by atoms with E-state index in [1.165, 1.54) is 28.0 Å². The van der Waals surface area contributed by atoms with Crippen molar-refractivity contribution in [1.82, 2.24) is 4.57 Å². The summed E-state index contributed by atoms with van der Waals surface area (Å²) < 4.78 is 27.8. The largest absolute Gasteiger partial charge is 0.487 e. The van der Waals surface area contributed by atoms with E-state index in [2.05, 4.69) is 36.9 Å². The molecule has 0 amide bonds. The SMILES string of the molecule is CCOC(=O)C1=C(C)N=c2s/c(=C/c3cc(Br)c(OCc4ccc(F)cc4)c(Br)c3)c(=O)n2[C@H]1c1ccc(Cl)cc1. The molecule has 0 saturated carbocycles. The number of ether oxygens (including phenoxy) is 2. The highest BCUT2D eigenvalue weighted by Gasteiger charge is 2.33. The van der Waals surface area contributed by atoms with Gasteiger partial charge in [0.25, 0.3) is 5.56 Å². The van der Waals surface area contributed by atoms with Crippen LogP contribution in [0.2, 0.25) is 5.02 Å². The number of allylic oxidation sites excluding steroid dienone is 1. The summed E-state index contributed by atoms with van der Waals surface area (Å²) in [6.07, 6.45) is 1.77. The van der Waals surface area contributed by atoms with Gasteiger partial charge in [-0.15, -0.1) is 0 Å². The number of benzene rings is 3. The van der Waals surface area contributed by atoms with Gasteiger partial charge in [0.2, 0.25) is 0 Å². The Morgan fingerprint density at radius 3 is 2.41 bits per heavy atom. The maximum atomic E-state index is 13.8. The van der Waals surface area contributed by atoms with Crippen molar-refractivity contribution in [2.75, 3.05) is 6.61 Å². The van der Waals surface area contributed by atoms with Crippen LogP contribution in [0.3, 0.4) is 0 Å². The molecule has 1 aliphatic rings. The second-order valence-corrected chi connectivity index (χ2v) is 12.2. The van der Waals surface area contributed by atoms with Crippen molar-refractivity contribution in [2.45, 2.75) is 26.5 Å². The van der Waals surface area contributed by atoms with Gasteiger partial charge in [0.15, 0.2) is 4.80 Å². The predicted molar refractivity (Wildman–Crippen MR) is 164 cm³/mol. The second kappa shape index (κ2) is 12.4. The summed E-state index contributed by atoms with van der Waals surface area (Å²) in [6.45, 7) is 3.92. The Balaban J connectivity index is 1.54. The average molecular weight is 721 g/mol. The first-order chi connectivity index (χ1) is 19.7. The number of aromatic nitrogens is 1. The molecule has 0 radical (unpaired) electrons. The van der Waals surface area contributed by atoms with Gasteiger partial charge in [-0.05, 0) is 105 Å². The fourth-order valence-corrected chi connectivity index (χ4v) is 7.06. The monoisotopic (exact) mass is 718 g/mol. The van der Waals surface area contributed by atoms with Crippen LogP contribution in [-0.2, 0) is 16.1 Å². The number of hydrogen-bond acceptors (Lipinski definition) is 6. The Hall–Kier alpha value is -3.05. The summed E-state index contributed by atoms with van der Waals surface area (Å²) in [4.78, 5) is 31.9. The van der Waals surface area contributed by atoms with Gasteiger partial charge in [-0.1, -0.05) is 47.2 Å². The topological polar surface area (TPSA) is 69.9 Å². The summed E-state index contributed by atoms with van der Waals surface area (Å²) >= 11 is 14.5. The second-order valence-electron chi connectivity index (χ2n) is 9.08. The van der Waals surface area contributed by atoms with E-state index in [1.807, 2.05) is 12.1 Å².